The van der Waals surface area contributed by atoms with Crippen molar-refractivity contribution in [1.82, 2.24) is 14.9 Å². The molecule has 3 unspecified atom stereocenters. The second kappa shape index (κ2) is 6.34. The summed E-state index contributed by atoms with van der Waals surface area (Å²) in [5.41, 5.74) is 0. The average molecular weight is 251 g/mol. The monoisotopic (exact) mass is 251 g/mol. The van der Waals surface area contributed by atoms with Crippen molar-refractivity contribution < 1.29 is 4.74 Å². The Bertz CT molecular complexity index is 364. The first kappa shape index (κ1) is 13.6. The maximum Gasteiger partial charge on any atom is 0.128 e. The van der Waals surface area contributed by atoms with Crippen molar-refractivity contribution >= 4 is 0 Å². The number of nitrogens with one attached hydrogen (secondary N) is 1. The van der Waals surface area contributed by atoms with Gasteiger partial charge in [-0.05, 0) is 32.7 Å². The van der Waals surface area contributed by atoms with E-state index in [4.69, 9.17) is 4.74 Å². The van der Waals surface area contributed by atoms with E-state index in [1.807, 2.05) is 6.20 Å². The van der Waals surface area contributed by atoms with Gasteiger partial charge in [-0.2, -0.15) is 0 Å². The fraction of sp³-hybridized carbons (Fsp3) is 0.786. The maximum absolute atomic E-state index is 6.02. The molecule has 0 aromatic carbocycles. The van der Waals surface area contributed by atoms with Gasteiger partial charge in [-0.15, -0.1) is 0 Å². The van der Waals surface area contributed by atoms with Crippen LogP contribution in [0.25, 0.3) is 0 Å². The van der Waals surface area contributed by atoms with E-state index < -0.39 is 0 Å². The van der Waals surface area contributed by atoms with Crippen LogP contribution in [-0.4, -0.2) is 28.3 Å². The Morgan fingerprint density at radius 2 is 2.33 bits per heavy atom. The zero-order chi connectivity index (χ0) is 13.0. The summed E-state index contributed by atoms with van der Waals surface area (Å²) in [5.74, 6) is 1.12. The van der Waals surface area contributed by atoms with E-state index in [1.54, 1.807) is 0 Å². The lowest BCUT2D eigenvalue weighted by Crippen LogP contribution is -2.34. The minimum Gasteiger partial charge on any atom is -0.373 e. The van der Waals surface area contributed by atoms with Crippen molar-refractivity contribution in [2.24, 2.45) is 0 Å². The number of rotatable bonds is 6. The van der Waals surface area contributed by atoms with Crippen LogP contribution in [0.5, 0.6) is 0 Å². The predicted molar refractivity (Wildman–Crippen MR) is 72.5 cm³/mol. The molecule has 18 heavy (non-hydrogen) atoms. The minimum atomic E-state index is 0.224. The molecule has 1 aliphatic rings. The third-order valence-electron chi connectivity index (χ3n) is 3.55. The summed E-state index contributed by atoms with van der Waals surface area (Å²) >= 11 is 0. The van der Waals surface area contributed by atoms with E-state index in [1.165, 1.54) is 0 Å². The SMILES string of the molecule is CCCn1ccnc1C(NCC)C1CCC(C)O1. The van der Waals surface area contributed by atoms with E-state index in [2.05, 4.69) is 41.8 Å². The standard InChI is InChI=1S/C14H25N3O/c1-4-9-17-10-8-16-14(17)13(15-5-2)12-7-6-11(3)18-12/h8,10-13,15H,4-7,9H2,1-3H3. The van der Waals surface area contributed by atoms with Crippen LogP contribution in [-0.2, 0) is 11.3 Å². The molecule has 0 radical (unpaired) electrons. The number of aromatic nitrogens is 2. The van der Waals surface area contributed by atoms with Crippen molar-refractivity contribution in [2.75, 3.05) is 6.54 Å². The number of ether oxygens (including phenoxy) is 1. The van der Waals surface area contributed by atoms with Gasteiger partial charge in [-0.3, -0.25) is 0 Å². The largest absolute Gasteiger partial charge is 0.373 e. The Morgan fingerprint density at radius 1 is 1.50 bits per heavy atom. The van der Waals surface area contributed by atoms with Gasteiger partial charge in [0.15, 0.2) is 0 Å². The molecule has 2 rings (SSSR count). The molecule has 4 heteroatoms. The normalized spacial score (nSPS) is 25.5. The second-order valence-electron chi connectivity index (χ2n) is 5.08. The fourth-order valence-corrected chi connectivity index (χ4v) is 2.72. The van der Waals surface area contributed by atoms with Gasteiger partial charge in [0.2, 0.25) is 0 Å². The molecule has 1 aliphatic heterocycles. The summed E-state index contributed by atoms with van der Waals surface area (Å²) in [7, 11) is 0. The zero-order valence-corrected chi connectivity index (χ0v) is 11.7. The van der Waals surface area contributed by atoms with E-state index in [-0.39, 0.29) is 12.1 Å². The maximum atomic E-state index is 6.02. The average Bonchev–Trinajstić information content (AvgIpc) is 2.96. The van der Waals surface area contributed by atoms with Crippen LogP contribution in [0.15, 0.2) is 12.4 Å². The first-order valence-corrected chi connectivity index (χ1v) is 7.16. The van der Waals surface area contributed by atoms with E-state index in [0.717, 1.165) is 38.2 Å². The summed E-state index contributed by atoms with van der Waals surface area (Å²) in [6.45, 7) is 8.46. The lowest BCUT2D eigenvalue weighted by Gasteiger charge is -2.24. The van der Waals surface area contributed by atoms with Crippen LogP contribution in [0.2, 0.25) is 0 Å². The Kier molecular flexibility index (Phi) is 4.78. The van der Waals surface area contributed by atoms with Gasteiger partial charge < -0.3 is 14.6 Å². The lowest BCUT2D eigenvalue weighted by atomic mass is 10.1. The third-order valence-corrected chi connectivity index (χ3v) is 3.55. The number of hydrogen-bond donors (Lipinski definition) is 1. The molecule has 4 nitrogen and oxygen atoms in total. The summed E-state index contributed by atoms with van der Waals surface area (Å²) in [4.78, 5) is 4.54. The summed E-state index contributed by atoms with van der Waals surface area (Å²) in [6, 6.07) is 0.224. The van der Waals surface area contributed by atoms with Gasteiger partial charge in [0.05, 0.1) is 18.2 Å². The van der Waals surface area contributed by atoms with Crippen LogP contribution >= 0.6 is 0 Å². The summed E-state index contributed by atoms with van der Waals surface area (Å²) in [6.07, 6.45) is 8.02. The van der Waals surface area contributed by atoms with Gasteiger partial charge in [-0.25, -0.2) is 4.98 Å². The molecule has 1 N–H and O–H groups in total. The minimum absolute atomic E-state index is 0.224. The smallest absolute Gasteiger partial charge is 0.128 e. The summed E-state index contributed by atoms with van der Waals surface area (Å²) < 4.78 is 8.27. The van der Waals surface area contributed by atoms with E-state index >= 15 is 0 Å². The number of imidazole rings is 1. The molecule has 0 saturated carbocycles. The molecule has 1 saturated heterocycles. The van der Waals surface area contributed by atoms with Gasteiger partial charge in [0, 0.05) is 18.9 Å². The Labute approximate surface area is 110 Å². The van der Waals surface area contributed by atoms with Crippen molar-refractivity contribution in [1.29, 1.82) is 0 Å². The number of hydrogen-bond acceptors (Lipinski definition) is 3. The molecular formula is C14H25N3O. The Morgan fingerprint density at radius 3 is 2.94 bits per heavy atom. The molecule has 1 fully saturated rings. The predicted octanol–water partition coefficient (Wildman–Crippen LogP) is 2.51. The van der Waals surface area contributed by atoms with Crippen LogP contribution in [0, 0.1) is 0 Å². The van der Waals surface area contributed by atoms with Crippen LogP contribution in [0.3, 0.4) is 0 Å². The lowest BCUT2D eigenvalue weighted by molar-refractivity contribution is 0.0292. The number of likely N-dealkylation sites (N-methyl/N-ethyl adjacent to an activating group) is 1. The molecule has 102 valence electrons. The topological polar surface area (TPSA) is 39.1 Å². The highest BCUT2D eigenvalue weighted by atomic mass is 16.5. The Balaban J connectivity index is 2.15. The van der Waals surface area contributed by atoms with E-state index in [9.17, 15) is 0 Å². The molecule has 0 bridgehead atoms. The second-order valence-corrected chi connectivity index (χ2v) is 5.08. The van der Waals surface area contributed by atoms with Crippen molar-refractivity contribution in [3.05, 3.63) is 18.2 Å². The number of aryl methyl sites for hydroxylation is 1. The van der Waals surface area contributed by atoms with Gasteiger partial charge in [-0.1, -0.05) is 13.8 Å². The van der Waals surface area contributed by atoms with Crippen molar-refractivity contribution in [2.45, 2.75) is 64.8 Å². The number of nitrogens with zero attached hydrogens (tertiary/aromatic N) is 2. The van der Waals surface area contributed by atoms with Crippen molar-refractivity contribution in [3.8, 4) is 0 Å². The van der Waals surface area contributed by atoms with Gasteiger partial charge in [0.25, 0.3) is 0 Å². The molecule has 1 aromatic rings. The van der Waals surface area contributed by atoms with Crippen molar-refractivity contribution in [3.63, 3.8) is 0 Å². The van der Waals surface area contributed by atoms with Crippen LogP contribution in [0.4, 0.5) is 0 Å². The van der Waals surface area contributed by atoms with Crippen LogP contribution in [0.1, 0.15) is 51.9 Å². The molecule has 1 aromatic heterocycles. The highest BCUT2D eigenvalue weighted by Crippen LogP contribution is 2.29. The molecule has 0 spiro atoms. The molecule has 3 atom stereocenters. The first-order chi connectivity index (χ1) is 8.76. The van der Waals surface area contributed by atoms with E-state index in [0.29, 0.717) is 6.10 Å². The van der Waals surface area contributed by atoms with Gasteiger partial charge >= 0.3 is 0 Å². The third kappa shape index (κ3) is 2.93. The Hall–Kier alpha value is -0.870. The fourth-order valence-electron chi connectivity index (χ4n) is 2.72. The highest BCUT2D eigenvalue weighted by Gasteiger charge is 2.32. The molecular weight excluding hydrogens is 226 g/mol. The summed E-state index contributed by atoms with van der Waals surface area (Å²) in [5, 5.41) is 3.54. The van der Waals surface area contributed by atoms with Crippen LogP contribution < -0.4 is 5.32 Å². The quantitative estimate of drug-likeness (QED) is 0.844. The van der Waals surface area contributed by atoms with Gasteiger partial charge in [0.1, 0.15) is 5.82 Å². The molecule has 0 amide bonds. The first-order valence-electron chi connectivity index (χ1n) is 7.16. The molecule has 0 aliphatic carbocycles. The highest BCUT2D eigenvalue weighted by molar-refractivity contribution is 5.03. The molecule has 2 heterocycles. The zero-order valence-electron chi connectivity index (χ0n) is 11.7.